The van der Waals surface area contributed by atoms with Crippen LogP contribution in [0.4, 0.5) is 13.2 Å². The highest BCUT2D eigenvalue weighted by molar-refractivity contribution is 6.17. The monoisotopic (exact) mass is 223 g/mol. The Morgan fingerprint density at radius 2 is 2.21 bits per heavy atom. The third kappa shape index (κ3) is 2.04. The molecular formula is C8H5ClF3NO. The van der Waals surface area contributed by atoms with Crippen LogP contribution in [0.5, 0.6) is 0 Å². The summed E-state index contributed by atoms with van der Waals surface area (Å²) >= 11 is 5.34. The Morgan fingerprint density at radius 1 is 1.57 bits per heavy atom. The smallest absolute Gasteiger partial charge is 0.268 e. The van der Waals surface area contributed by atoms with Crippen molar-refractivity contribution >= 4 is 17.9 Å². The lowest BCUT2D eigenvalue weighted by Crippen LogP contribution is -2.02. The summed E-state index contributed by atoms with van der Waals surface area (Å²) in [5, 5.41) is 0. The van der Waals surface area contributed by atoms with Crippen molar-refractivity contribution in [2.24, 2.45) is 0 Å². The Balaban J connectivity index is 3.30. The Labute approximate surface area is 82.7 Å². The predicted octanol–water partition coefficient (Wildman–Crippen LogP) is 2.71. The van der Waals surface area contributed by atoms with Gasteiger partial charge in [-0.1, -0.05) is 0 Å². The summed E-state index contributed by atoms with van der Waals surface area (Å²) in [6.45, 7) is 0. The number of hydrogen-bond donors (Lipinski definition) is 0. The molecule has 0 saturated carbocycles. The van der Waals surface area contributed by atoms with Crippen molar-refractivity contribution in [3.05, 3.63) is 28.8 Å². The molecule has 0 aliphatic carbocycles. The second-order valence-electron chi connectivity index (χ2n) is 2.46. The molecule has 1 rings (SSSR count). The number of carbonyl (C=O) groups is 1. The lowest BCUT2D eigenvalue weighted by molar-refractivity contribution is 0.112. The van der Waals surface area contributed by atoms with Crippen molar-refractivity contribution in [3.8, 4) is 0 Å². The molecule has 0 aliphatic heterocycles. The van der Waals surface area contributed by atoms with E-state index in [2.05, 4.69) is 4.98 Å². The first kappa shape index (κ1) is 11.0. The van der Waals surface area contributed by atoms with Crippen LogP contribution in [0.1, 0.15) is 28.0 Å². The highest BCUT2D eigenvalue weighted by Gasteiger charge is 2.17. The Morgan fingerprint density at radius 3 is 2.64 bits per heavy atom. The molecule has 1 aromatic heterocycles. The number of carbonyl (C=O) groups excluding carboxylic acids is 1. The fourth-order valence-corrected chi connectivity index (χ4v) is 1.13. The van der Waals surface area contributed by atoms with Crippen molar-refractivity contribution < 1.29 is 18.0 Å². The van der Waals surface area contributed by atoms with Crippen LogP contribution in [-0.4, -0.2) is 11.3 Å². The Hall–Kier alpha value is -1.10. The zero-order chi connectivity index (χ0) is 10.7. The van der Waals surface area contributed by atoms with Crippen LogP contribution in [0.3, 0.4) is 0 Å². The van der Waals surface area contributed by atoms with Crippen LogP contribution in [-0.2, 0) is 5.88 Å². The zero-order valence-electron chi connectivity index (χ0n) is 6.81. The molecule has 0 fully saturated rings. The minimum absolute atomic E-state index is 0.0384. The second-order valence-corrected chi connectivity index (χ2v) is 2.72. The van der Waals surface area contributed by atoms with Gasteiger partial charge in [0, 0.05) is 5.56 Å². The standard InChI is InChI=1S/C8H5ClF3NO/c9-2-6-4(3-14)1-5(7(10)11)8(12)13-6/h1,3,7H,2H2. The first-order valence-corrected chi connectivity index (χ1v) is 4.12. The van der Waals surface area contributed by atoms with Gasteiger partial charge in [-0.3, -0.25) is 4.79 Å². The summed E-state index contributed by atoms with van der Waals surface area (Å²) in [6.07, 6.45) is -2.68. The average molecular weight is 224 g/mol. The van der Waals surface area contributed by atoms with Crippen LogP contribution in [0.2, 0.25) is 0 Å². The van der Waals surface area contributed by atoms with E-state index in [9.17, 15) is 18.0 Å². The van der Waals surface area contributed by atoms with E-state index in [1.54, 1.807) is 0 Å². The Bertz CT molecular complexity index is 357. The maximum atomic E-state index is 12.8. The predicted molar refractivity (Wildman–Crippen MR) is 44.1 cm³/mol. The van der Waals surface area contributed by atoms with Gasteiger partial charge < -0.3 is 0 Å². The number of rotatable bonds is 3. The molecule has 0 unspecified atom stereocenters. The lowest BCUT2D eigenvalue weighted by Gasteiger charge is -2.05. The van der Waals surface area contributed by atoms with Crippen molar-refractivity contribution in [2.75, 3.05) is 0 Å². The van der Waals surface area contributed by atoms with Crippen LogP contribution in [0, 0.1) is 5.95 Å². The van der Waals surface area contributed by atoms with Crippen LogP contribution < -0.4 is 0 Å². The molecule has 0 N–H and O–H groups in total. The molecule has 0 aromatic carbocycles. The van der Waals surface area contributed by atoms with Gasteiger partial charge in [0.05, 0.1) is 17.1 Å². The van der Waals surface area contributed by atoms with Gasteiger partial charge in [-0.15, -0.1) is 11.6 Å². The van der Waals surface area contributed by atoms with E-state index in [1.165, 1.54) is 0 Å². The molecule has 0 amide bonds. The third-order valence-electron chi connectivity index (χ3n) is 1.60. The number of aldehydes is 1. The molecule has 14 heavy (non-hydrogen) atoms. The van der Waals surface area contributed by atoms with E-state index in [4.69, 9.17) is 11.6 Å². The van der Waals surface area contributed by atoms with E-state index in [0.29, 0.717) is 6.29 Å². The lowest BCUT2D eigenvalue weighted by atomic mass is 10.1. The van der Waals surface area contributed by atoms with Gasteiger partial charge in [-0.25, -0.2) is 13.8 Å². The van der Waals surface area contributed by atoms with E-state index < -0.39 is 17.9 Å². The highest BCUT2D eigenvalue weighted by atomic mass is 35.5. The summed E-state index contributed by atoms with van der Waals surface area (Å²) < 4.78 is 37.1. The van der Waals surface area contributed by atoms with Gasteiger partial charge in [0.15, 0.2) is 6.29 Å². The van der Waals surface area contributed by atoms with Gasteiger partial charge in [-0.05, 0) is 6.07 Å². The van der Waals surface area contributed by atoms with E-state index in [-0.39, 0.29) is 17.1 Å². The van der Waals surface area contributed by atoms with Gasteiger partial charge in [0.2, 0.25) is 5.95 Å². The molecule has 2 nitrogen and oxygen atoms in total. The number of aromatic nitrogens is 1. The first-order chi connectivity index (χ1) is 6.60. The quantitative estimate of drug-likeness (QED) is 0.448. The topological polar surface area (TPSA) is 30.0 Å². The van der Waals surface area contributed by atoms with Crippen LogP contribution >= 0.6 is 11.6 Å². The van der Waals surface area contributed by atoms with Crippen molar-refractivity contribution in [1.29, 1.82) is 0 Å². The molecule has 0 aliphatic rings. The normalized spacial score (nSPS) is 10.6. The van der Waals surface area contributed by atoms with E-state index in [0.717, 1.165) is 6.07 Å². The fourth-order valence-electron chi connectivity index (χ4n) is 0.920. The number of pyridine rings is 1. The van der Waals surface area contributed by atoms with Gasteiger partial charge in [-0.2, -0.15) is 4.39 Å². The molecule has 6 heteroatoms. The van der Waals surface area contributed by atoms with Crippen molar-refractivity contribution in [2.45, 2.75) is 12.3 Å². The summed E-state index contributed by atoms with van der Waals surface area (Å²) in [4.78, 5) is 13.6. The molecule has 0 bridgehead atoms. The Kier molecular flexibility index (Phi) is 3.46. The number of alkyl halides is 3. The number of halogens is 4. The van der Waals surface area contributed by atoms with E-state index in [1.807, 2.05) is 0 Å². The van der Waals surface area contributed by atoms with Crippen LogP contribution in [0.15, 0.2) is 6.07 Å². The molecule has 76 valence electrons. The summed E-state index contributed by atoms with van der Waals surface area (Å²) in [5.41, 5.74) is -1.04. The van der Waals surface area contributed by atoms with Gasteiger partial charge in [0.1, 0.15) is 0 Å². The first-order valence-electron chi connectivity index (χ1n) is 3.58. The SMILES string of the molecule is O=Cc1cc(C(F)F)c(F)nc1CCl. The molecule has 0 spiro atoms. The van der Waals surface area contributed by atoms with E-state index >= 15 is 0 Å². The van der Waals surface area contributed by atoms with Gasteiger partial charge in [0.25, 0.3) is 6.43 Å². The molecule has 0 radical (unpaired) electrons. The molecule has 0 saturated heterocycles. The second kappa shape index (κ2) is 4.41. The molecule has 1 aromatic rings. The number of hydrogen-bond acceptors (Lipinski definition) is 2. The van der Waals surface area contributed by atoms with Gasteiger partial charge >= 0.3 is 0 Å². The average Bonchev–Trinajstić information content (AvgIpc) is 2.16. The van der Waals surface area contributed by atoms with Crippen molar-refractivity contribution in [3.63, 3.8) is 0 Å². The zero-order valence-corrected chi connectivity index (χ0v) is 7.56. The van der Waals surface area contributed by atoms with Crippen molar-refractivity contribution in [1.82, 2.24) is 4.98 Å². The minimum atomic E-state index is -2.99. The summed E-state index contributed by atoms with van der Waals surface area (Å²) in [6, 6.07) is 0.762. The number of nitrogens with zero attached hydrogens (tertiary/aromatic N) is 1. The fraction of sp³-hybridized carbons (Fsp3) is 0.250. The third-order valence-corrected chi connectivity index (χ3v) is 1.86. The highest BCUT2D eigenvalue weighted by Crippen LogP contribution is 2.23. The summed E-state index contributed by atoms with van der Waals surface area (Å²) in [7, 11) is 0. The summed E-state index contributed by atoms with van der Waals surface area (Å²) in [5.74, 6) is -1.49. The molecule has 1 heterocycles. The molecule has 0 atom stereocenters. The maximum absolute atomic E-state index is 12.8. The minimum Gasteiger partial charge on any atom is -0.298 e. The largest absolute Gasteiger partial charge is 0.298 e. The maximum Gasteiger partial charge on any atom is 0.268 e. The van der Waals surface area contributed by atoms with Crippen LogP contribution in [0.25, 0.3) is 0 Å². The molecular weight excluding hydrogens is 219 g/mol.